The lowest BCUT2D eigenvalue weighted by atomic mass is 9.99. The molecule has 0 saturated carbocycles. The third-order valence-corrected chi connectivity index (χ3v) is 4.02. The number of carboxylic acid groups (broad SMARTS) is 4. The minimum Gasteiger partial charge on any atom is -0.481 e. The van der Waals surface area contributed by atoms with Crippen molar-refractivity contribution in [2.45, 2.75) is 19.3 Å². The van der Waals surface area contributed by atoms with E-state index in [1.165, 1.54) is 18.2 Å². The Morgan fingerprint density at radius 3 is 1.85 bits per heavy atom. The first-order valence-electron chi connectivity index (χ1n) is 9.55. The average Bonchev–Trinajstić information content (AvgIpc) is 2.77. The van der Waals surface area contributed by atoms with E-state index >= 15 is 0 Å². The molecule has 12 nitrogen and oxygen atoms in total. The summed E-state index contributed by atoms with van der Waals surface area (Å²) >= 11 is 0. The van der Waals surface area contributed by atoms with Crippen molar-refractivity contribution in [3.8, 4) is 0 Å². The molecule has 184 valence electrons. The summed E-state index contributed by atoms with van der Waals surface area (Å²) in [5, 5.41) is 35.0. The summed E-state index contributed by atoms with van der Waals surface area (Å²) < 4.78 is 9.27. The van der Waals surface area contributed by atoms with Crippen LogP contribution in [-0.2, 0) is 35.1 Å². The monoisotopic (exact) mass is 480 g/mol. The molecule has 1 aromatic rings. The van der Waals surface area contributed by atoms with Gasteiger partial charge in [0.25, 0.3) is 0 Å². The molecule has 0 radical (unpaired) electrons. The van der Waals surface area contributed by atoms with Gasteiger partial charge in [0.15, 0.2) is 0 Å². The molecular weight excluding hydrogens is 456 g/mol. The summed E-state index contributed by atoms with van der Waals surface area (Å²) in [6, 6.07) is 4.14. The number of rotatable bonds is 13. The lowest BCUT2D eigenvalue weighted by molar-refractivity contribution is -0.150. The van der Waals surface area contributed by atoms with E-state index in [9.17, 15) is 28.8 Å². The van der Waals surface area contributed by atoms with Crippen LogP contribution in [0.5, 0.6) is 0 Å². The molecule has 1 atom stereocenters. The van der Waals surface area contributed by atoms with Crippen molar-refractivity contribution in [1.29, 1.82) is 0 Å². The fourth-order valence-corrected chi connectivity index (χ4v) is 2.44. The van der Waals surface area contributed by atoms with E-state index in [0.29, 0.717) is 5.56 Å². The molecule has 0 amide bonds. The maximum Gasteiger partial charge on any atom is 0.336 e. The largest absolute Gasteiger partial charge is 0.481 e. The average molecular weight is 480 g/mol. The third kappa shape index (κ3) is 11.2. The second-order valence-corrected chi connectivity index (χ2v) is 6.36. The molecule has 0 saturated heterocycles. The van der Waals surface area contributed by atoms with Crippen LogP contribution >= 0.6 is 0 Å². The van der Waals surface area contributed by atoms with Crippen molar-refractivity contribution in [2.24, 2.45) is 5.92 Å². The van der Waals surface area contributed by atoms with E-state index in [1.54, 1.807) is 0 Å². The molecule has 1 aromatic carbocycles. The van der Waals surface area contributed by atoms with Crippen LogP contribution in [0, 0.1) is 5.92 Å². The van der Waals surface area contributed by atoms with Crippen LogP contribution in [-0.4, -0.2) is 69.5 Å². The Kier molecular flexibility index (Phi) is 13.3. The predicted octanol–water partition coefficient (Wildman–Crippen LogP) is 1.64. The lowest BCUT2D eigenvalue weighted by Gasteiger charge is -2.09. The zero-order chi connectivity index (χ0) is 26.3. The molecule has 12 heteroatoms. The zero-order valence-corrected chi connectivity index (χ0v) is 18.0. The number of carbonyl (C=O) groups is 6. The number of hydrogen-bond donors (Lipinski definition) is 4. The van der Waals surface area contributed by atoms with Crippen LogP contribution in [0.2, 0.25) is 0 Å². The standard InChI is InChI=1S/C13H12O6.C9H12O6/c1-2-10(14)19-7-6-8-4-3-5-9(12(15)16)11(8)13(17)18;1-2-8(12)15-4-3-6(9(13)14)5-7(10)11/h2-5H,1,6-7H2,(H,15,16)(H,17,18);2,6H,1,3-5H2,(H,10,11)(H,13,14). The summed E-state index contributed by atoms with van der Waals surface area (Å²) in [4.78, 5) is 64.3. The highest BCUT2D eigenvalue weighted by molar-refractivity contribution is 6.02. The fraction of sp³-hybridized carbons (Fsp3) is 0.273. The smallest absolute Gasteiger partial charge is 0.336 e. The van der Waals surface area contributed by atoms with Gasteiger partial charge < -0.3 is 29.9 Å². The number of hydrogen-bond acceptors (Lipinski definition) is 8. The van der Waals surface area contributed by atoms with Crippen molar-refractivity contribution >= 4 is 35.8 Å². The Balaban J connectivity index is 0.000000661. The Morgan fingerprint density at radius 2 is 1.41 bits per heavy atom. The summed E-state index contributed by atoms with van der Waals surface area (Å²) in [5.74, 6) is -7.38. The molecule has 0 fully saturated rings. The van der Waals surface area contributed by atoms with Crippen molar-refractivity contribution in [3.05, 3.63) is 60.2 Å². The summed E-state index contributed by atoms with van der Waals surface area (Å²) in [5.41, 5.74) is -0.283. The number of carbonyl (C=O) groups excluding carboxylic acids is 2. The van der Waals surface area contributed by atoms with E-state index < -0.39 is 48.2 Å². The minimum atomic E-state index is -1.33. The molecule has 0 aromatic heterocycles. The summed E-state index contributed by atoms with van der Waals surface area (Å²) in [6.45, 7) is 6.20. The molecule has 4 N–H and O–H groups in total. The SMILES string of the molecule is C=CC(=O)OCCC(CC(=O)O)C(=O)O.C=CC(=O)OCCc1cccc(C(=O)O)c1C(=O)O. The van der Waals surface area contributed by atoms with E-state index in [1.807, 2.05) is 0 Å². The number of esters is 2. The van der Waals surface area contributed by atoms with Crippen LogP contribution in [0.25, 0.3) is 0 Å². The highest BCUT2D eigenvalue weighted by Crippen LogP contribution is 2.16. The van der Waals surface area contributed by atoms with Crippen molar-refractivity contribution in [1.82, 2.24) is 0 Å². The fourth-order valence-electron chi connectivity index (χ4n) is 2.44. The van der Waals surface area contributed by atoms with Gasteiger partial charge in [-0.1, -0.05) is 25.3 Å². The van der Waals surface area contributed by atoms with Gasteiger partial charge in [-0.3, -0.25) is 9.59 Å². The second-order valence-electron chi connectivity index (χ2n) is 6.36. The van der Waals surface area contributed by atoms with Gasteiger partial charge in [-0.2, -0.15) is 0 Å². The number of ether oxygens (including phenoxy) is 2. The first-order valence-corrected chi connectivity index (χ1v) is 9.55. The van der Waals surface area contributed by atoms with Gasteiger partial charge in [0, 0.05) is 18.6 Å². The molecule has 0 aliphatic carbocycles. The van der Waals surface area contributed by atoms with Gasteiger partial charge in [-0.15, -0.1) is 0 Å². The van der Waals surface area contributed by atoms with Crippen LogP contribution in [0.4, 0.5) is 0 Å². The zero-order valence-electron chi connectivity index (χ0n) is 18.0. The number of aliphatic carboxylic acids is 2. The van der Waals surface area contributed by atoms with Gasteiger partial charge in [0.05, 0.1) is 36.7 Å². The van der Waals surface area contributed by atoms with Gasteiger partial charge in [-0.25, -0.2) is 19.2 Å². The van der Waals surface area contributed by atoms with Crippen LogP contribution in [0.1, 0.15) is 39.1 Å². The summed E-state index contributed by atoms with van der Waals surface area (Å²) in [7, 11) is 0. The first-order chi connectivity index (χ1) is 15.9. The van der Waals surface area contributed by atoms with Crippen molar-refractivity contribution in [2.75, 3.05) is 13.2 Å². The Labute approximate surface area is 193 Å². The topological polar surface area (TPSA) is 202 Å². The number of aromatic carboxylic acids is 2. The molecular formula is C22H24O12. The van der Waals surface area contributed by atoms with E-state index in [-0.39, 0.29) is 37.2 Å². The maximum absolute atomic E-state index is 11.1. The lowest BCUT2D eigenvalue weighted by Crippen LogP contribution is -2.20. The van der Waals surface area contributed by atoms with Crippen LogP contribution < -0.4 is 0 Å². The molecule has 1 unspecified atom stereocenters. The van der Waals surface area contributed by atoms with Gasteiger partial charge >= 0.3 is 35.8 Å². The highest BCUT2D eigenvalue weighted by Gasteiger charge is 2.21. The Hall–Kier alpha value is -4.48. The normalized spacial score (nSPS) is 10.5. The third-order valence-electron chi connectivity index (χ3n) is 4.02. The van der Waals surface area contributed by atoms with Gasteiger partial charge in [0.2, 0.25) is 0 Å². The van der Waals surface area contributed by atoms with Crippen LogP contribution in [0.15, 0.2) is 43.5 Å². The second kappa shape index (κ2) is 15.3. The number of benzene rings is 1. The molecule has 0 bridgehead atoms. The molecule has 0 heterocycles. The van der Waals surface area contributed by atoms with Crippen LogP contribution in [0.3, 0.4) is 0 Å². The Morgan fingerprint density at radius 1 is 0.853 bits per heavy atom. The summed E-state index contributed by atoms with van der Waals surface area (Å²) in [6.07, 6.45) is 1.54. The predicted molar refractivity (Wildman–Crippen MR) is 114 cm³/mol. The van der Waals surface area contributed by atoms with E-state index in [4.69, 9.17) is 25.2 Å². The van der Waals surface area contributed by atoms with E-state index in [0.717, 1.165) is 12.2 Å². The van der Waals surface area contributed by atoms with E-state index in [2.05, 4.69) is 17.9 Å². The van der Waals surface area contributed by atoms with Crippen molar-refractivity contribution in [3.63, 3.8) is 0 Å². The molecule has 0 aliphatic heterocycles. The quantitative estimate of drug-likeness (QED) is 0.235. The minimum absolute atomic E-state index is 0.0266. The number of carboxylic acids is 4. The molecule has 0 spiro atoms. The Bertz CT molecular complexity index is 947. The molecule has 0 aliphatic rings. The van der Waals surface area contributed by atoms with Gasteiger partial charge in [-0.05, 0) is 18.1 Å². The van der Waals surface area contributed by atoms with Gasteiger partial charge in [0.1, 0.15) is 0 Å². The molecule has 1 rings (SSSR count). The van der Waals surface area contributed by atoms with Crippen molar-refractivity contribution < 1.29 is 58.7 Å². The first kappa shape index (κ1) is 29.5. The highest BCUT2D eigenvalue weighted by atomic mass is 16.5. The molecule has 34 heavy (non-hydrogen) atoms. The maximum atomic E-state index is 11.1.